The van der Waals surface area contributed by atoms with E-state index < -0.39 is 9.84 Å². The van der Waals surface area contributed by atoms with Crippen LogP contribution in [0.1, 0.15) is 24.0 Å². The average Bonchev–Trinajstić information content (AvgIpc) is 2.87. The maximum Gasteiger partial charge on any atom is 0.201 e. The van der Waals surface area contributed by atoms with Crippen molar-refractivity contribution in [2.24, 2.45) is 0 Å². The lowest BCUT2D eigenvalue weighted by Gasteiger charge is -2.15. The molecule has 18 heavy (non-hydrogen) atoms. The molecular formula is C14H17NO2S. The third-order valence-electron chi connectivity index (χ3n) is 3.73. The Morgan fingerprint density at radius 3 is 2.67 bits per heavy atom. The second-order valence-electron chi connectivity index (χ2n) is 5.12. The third-order valence-corrected chi connectivity index (χ3v) is 5.44. The van der Waals surface area contributed by atoms with Gasteiger partial charge in [-0.1, -0.05) is 18.2 Å². The molecule has 0 amide bonds. The van der Waals surface area contributed by atoms with Crippen LogP contribution in [0.25, 0.3) is 5.57 Å². The predicted molar refractivity (Wildman–Crippen MR) is 72.0 cm³/mol. The number of fused-ring (bicyclic) bond motifs is 1. The molecule has 0 aliphatic carbocycles. The Kier molecular flexibility index (Phi) is 2.79. The lowest BCUT2D eigenvalue weighted by atomic mass is 10.0. The first-order chi connectivity index (χ1) is 8.58. The summed E-state index contributed by atoms with van der Waals surface area (Å²) in [6.45, 7) is 4.79. The lowest BCUT2D eigenvalue weighted by molar-refractivity contribution is 0.383. The Labute approximate surface area is 108 Å². The first-order valence-corrected chi connectivity index (χ1v) is 7.90. The molecule has 96 valence electrons. The highest BCUT2D eigenvalue weighted by molar-refractivity contribution is 7.95. The fourth-order valence-electron chi connectivity index (χ4n) is 2.90. The summed E-state index contributed by atoms with van der Waals surface area (Å²) in [4.78, 5) is 2.85. The van der Waals surface area contributed by atoms with Crippen LogP contribution in [0, 0.1) is 6.92 Å². The highest BCUT2D eigenvalue weighted by Gasteiger charge is 2.29. The van der Waals surface area contributed by atoms with Crippen LogP contribution < -0.4 is 0 Å². The molecule has 2 heterocycles. The first kappa shape index (κ1) is 11.9. The minimum atomic E-state index is -3.22. The molecule has 0 saturated carbocycles. The van der Waals surface area contributed by atoms with E-state index in [4.69, 9.17) is 0 Å². The largest absolute Gasteiger partial charge is 0.299 e. The molecule has 1 aromatic rings. The number of likely N-dealkylation sites (tertiary alicyclic amines) is 1. The zero-order chi connectivity index (χ0) is 12.8. The van der Waals surface area contributed by atoms with Gasteiger partial charge in [0.2, 0.25) is 9.84 Å². The molecule has 3 rings (SSSR count). The number of aryl methyl sites for hydroxylation is 1. The predicted octanol–water partition coefficient (Wildman–Crippen LogP) is 2.22. The van der Waals surface area contributed by atoms with E-state index in [0.29, 0.717) is 4.90 Å². The molecule has 0 unspecified atom stereocenters. The fraction of sp³-hybridized carbons (Fsp3) is 0.429. The van der Waals surface area contributed by atoms with Gasteiger partial charge in [-0.3, -0.25) is 4.90 Å². The minimum Gasteiger partial charge on any atom is -0.299 e. The van der Waals surface area contributed by atoms with Crippen LogP contribution in [0.4, 0.5) is 0 Å². The van der Waals surface area contributed by atoms with Crippen LogP contribution in [0.3, 0.4) is 0 Å². The van der Waals surface area contributed by atoms with Crippen LogP contribution in [0.5, 0.6) is 0 Å². The van der Waals surface area contributed by atoms with Crippen LogP contribution in [0.2, 0.25) is 0 Å². The Hall–Kier alpha value is -1.13. The van der Waals surface area contributed by atoms with Crippen molar-refractivity contribution in [3.8, 4) is 0 Å². The van der Waals surface area contributed by atoms with Crippen molar-refractivity contribution in [3.63, 3.8) is 0 Å². The van der Waals surface area contributed by atoms with Gasteiger partial charge in [0.15, 0.2) is 0 Å². The van der Waals surface area contributed by atoms with Gasteiger partial charge in [0.05, 0.1) is 4.90 Å². The van der Waals surface area contributed by atoms with Gasteiger partial charge in [0.25, 0.3) is 0 Å². The Morgan fingerprint density at radius 1 is 1.22 bits per heavy atom. The zero-order valence-electron chi connectivity index (χ0n) is 10.5. The van der Waals surface area contributed by atoms with Gasteiger partial charge in [-0.15, -0.1) is 0 Å². The third kappa shape index (κ3) is 1.89. The van der Waals surface area contributed by atoms with Gasteiger partial charge in [0.1, 0.15) is 0 Å². The molecule has 1 saturated heterocycles. The average molecular weight is 263 g/mol. The van der Waals surface area contributed by atoms with Crippen molar-refractivity contribution < 1.29 is 8.42 Å². The van der Waals surface area contributed by atoms with E-state index in [2.05, 4.69) is 4.90 Å². The summed E-state index contributed by atoms with van der Waals surface area (Å²) in [6, 6.07) is 5.73. The van der Waals surface area contributed by atoms with Crippen LogP contribution >= 0.6 is 0 Å². The van der Waals surface area contributed by atoms with Crippen molar-refractivity contribution in [1.29, 1.82) is 0 Å². The standard InChI is InChI=1S/C14H17NO2S/c1-11-5-4-6-13-12(9-15-7-2-3-8-15)10-18(16,17)14(11)13/h4-6,10H,2-3,7-9H2,1H3. The summed E-state index contributed by atoms with van der Waals surface area (Å²) in [5.41, 5.74) is 2.71. The van der Waals surface area contributed by atoms with Crippen molar-refractivity contribution in [2.75, 3.05) is 19.6 Å². The van der Waals surface area contributed by atoms with E-state index in [0.717, 1.165) is 36.3 Å². The quantitative estimate of drug-likeness (QED) is 0.821. The van der Waals surface area contributed by atoms with E-state index >= 15 is 0 Å². The lowest BCUT2D eigenvalue weighted by Crippen LogP contribution is -2.21. The van der Waals surface area contributed by atoms with Crippen molar-refractivity contribution >= 4 is 15.4 Å². The number of sulfone groups is 1. The zero-order valence-corrected chi connectivity index (χ0v) is 11.3. The molecule has 0 bridgehead atoms. The topological polar surface area (TPSA) is 37.4 Å². The maximum atomic E-state index is 12.2. The minimum absolute atomic E-state index is 0.513. The highest BCUT2D eigenvalue weighted by atomic mass is 32.2. The molecular weight excluding hydrogens is 246 g/mol. The SMILES string of the molecule is Cc1cccc2c1S(=O)(=O)C=C2CN1CCCC1. The molecule has 0 aromatic heterocycles. The first-order valence-electron chi connectivity index (χ1n) is 6.36. The van der Waals surface area contributed by atoms with Crippen LogP contribution in [-0.2, 0) is 9.84 Å². The van der Waals surface area contributed by atoms with Crippen molar-refractivity contribution in [2.45, 2.75) is 24.7 Å². The summed E-state index contributed by atoms with van der Waals surface area (Å²) in [5.74, 6) is 0. The number of hydrogen-bond donors (Lipinski definition) is 0. The van der Waals surface area contributed by atoms with E-state index in [9.17, 15) is 8.42 Å². The smallest absolute Gasteiger partial charge is 0.201 e. The van der Waals surface area contributed by atoms with Crippen molar-refractivity contribution in [1.82, 2.24) is 4.90 Å². The molecule has 0 spiro atoms. The number of hydrogen-bond acceptors (Lipinski definition) is 3. The summed E-state index contributed by atoms with van der Waals surface area (Å²) < 4.78 is 24.3. The second kappa shape index (κ2) is 4.21. The van der Waals surface area contributed by atoms with Gasteiger partial charge in [-0.05, 0) is 49.6 Å². The second-order valence-corrected chi connectivity index (χ2v) is 6.86. The molecule has 0 atom stereocenters. The Morgan fingerprint density at radius 2 is 1.94 bits per heavy atom. The molecule has 2 aliphatic heterocycles. The van der Waals surface area contributed by atoms with Crippen molar-refractivity contribution in [3.05, 3.63) is 34.7 Å². The van der Waals surface area contributed by atoms with E-state index in [1.54, 1.807) is 0 Å². The molecule has 2 aliphatic rings. The molecule has 0 N–H and O–H groups in total. The van der Waals surface area contributed by atoms with E-state index in [1.807, 2.05) is 25.1 Å². The monoisotopic (exact) mass is 263 g/mol. The summed E-state index contributed by atoms with van der Waals surface area (Å²) in [6.07, 6.45) is 2.45. The Bertz CT molecular complexity index is 611. The van der Waals surface area contributed by atoms with Gasteiger partial charge >= 0.3 is 0 Å². The van der Waals surface area contributed by atoms with Gasteiger partial charge < -0.3 is 0 Å². The molecule has 3 nitrogen and oxygen atoms in total. The van der Waals surface area contributed by atoms with Crippen LogP contribution in [-0.4, -0.2) is 33.0 Å². The van der Waals surface area contributed by atoms with E-state index in [1.165, 1.54) is 18.2 Å². The number of rotatable bonds is 2. The molecule has 1 aromatic carbocycles. The highest BCUT2D eigenvalue weighted by Crippen LogP contribution is 2.36. The maximum absolute atomic E-state index is 12.2. The summed E-state index contributed by atoms with van der Waals surface area (Å²) >= 11 is 0. The van der Waals surface area contributed by atoms with Gasteiger partial charge in [0, 0.05) is 12.0 Å². The fourth-order valence-corrected chi connectivity index (χ4v) is 4.61. The number of benzene rings is 1. The molecule has 4 heteroatoms. The molecule has 0 radical (unpaired) electrons. The number of nitrogens with zero attached hydrogens (tertiary/aromatic N) is 1. The van der Waals surface area contributed by atoms with E-state index in [-0.39, 0.29) is 0 Å². The van der Waals surface area contributed by atoms with Gasteiger partial charge in [-0.2, -0.15) is 0 Å². The Balaban J connectivity index is 2.01. The summed E-state index contributed by atoms with van der Waals surface area (Å²) in [5, 5.41) is 1.46. The molecule has 1 fully saturated rings. The van der Waals surface area contributed by atoms with Crippen LogP contribution in [0.15, 0.2) is 28.5 Å². The normalized spacial score (nSPS) is 21.9. The van der Waals surface area contributed by atoms with Gasteiger partial charge in [-0.25, -0.2) is 8.42 Å². The summed E-state index contributed by atoms with van der Waals surface area (Å²) in [7, 11) is -3.22.